The normalized spacial score (nSPS) is 15.3. The van der Waals surface area contributed by atoms with Crippen LogP contribution >= 0.6 is 0 Å². The van der Waals surface area contributed by atoms with E-state index in [-0.39, 0.29) is 12.2 Å². The van der Waals surface area contributed by atoms with Crippen LogP contribution in [-0.4, -0.2) is 75.2 Å². The van der Waals surface area contributed by atoms with E-state index in [1.54, 1.807) is 13.8 Å². The number of hydrogen-bond acceptors (Lipinski definition) is 8. The molecule has 0 radical (unpaired) electrons. The van der Waals surface area contributed by atoms with Gasteiger partial charge in [0.25, 0.3) is 0 Å². The molecule has 35 heavy (non-hydrogen) atoms. The SMILES string of the molecule is CC(C)C(NC(=O)C(CC(N)=O)NC(=O)C(Cc1ccc(O)cc1)NC(=O)C(N)C(C)O)C(=O)O. The number of benzene rings is 1. The molecule has 0 bridgehead atoms. The highest BCUT2D eigenvalue weighted by Gasteiger charge is 2.32. The lowest BCUT2D eigenvalue weighted by molar-refractivity contribution is -0.143. The number of carbonyl (C=O) groups excluding carboxylic acids is 4. The summed E-state index contributed by atoms with van der Waals surface area (Å²) in [4.78, 5) is 61.1. The first-order valence-electron chi connectivity index (χ1n) is 10.9. The third-order valence-corrected chi connectivity index (χ3v) is 5.10. The molecule has 0 fully saturated rings. The number of amides is 4. The number of carboxylic acid groups (broad SMARTS) is 1. The number of rotatable bonds is 13. The van der Waals surface area contributed by atoms with Crippen LogP contribution in [0.2, 0.25) is 0 Å². The Kier molecular flexibility index (Phi) is 11.1. The molecule has 0 saturated heterocycles. The third kappa shape index (κ3) is 9.59. The molecule has 13 heteroatoms. The van der Waals surface area contributed by atoms with E-state index in [9.17, 15) is 39.3 Å². The molecule has 10 N–H and O–H groups in total. The molecule has 0 aliphatic heterocycles. The maximum Gasteiger partial charge on any atom is 0.326 e. The Morgan fingerprint density at radius 2 is 1.40 bits per heavy atom. The van der Waals surface area contributed by atoms with E-state index in [0.717, 1.165) is 0 Å². The summed E-state index contributed by atoms with van der Waals surface area (Å²) in [6.07, 6.45) is -1.95. The second-order valence-electron chi connectivity index (χ2n) is 8.50. The zero-order chi connectivity index (χ0) is 26.9. The van der Waals surface area contributed by atoms with Gasteiger partial charge in [-0.3, -0.25) is 19.2 Å². The van der Waals surface area contributed by atoms with Gasteiger partial charge in [0.15, 0.2) is 0 Å². The van der Waals surface area contributed by atoms with E-state index >= 15 is 0 Å². The minimum absolute atomic E-state index is 0.0220. The summed E-state index contributed by atoms with van der Waals surface area (Å²) in [5.74, 6) is -5.44. The van der Waals surface area contributed by atoms with Gasteiger partial charge in [-0.15, -0.1) is 0 Å². The second-order valence-corrected chi connectivity index (χ2v) is 8.50. The molecule has 5 unspecified atom stereocenters. The molecule has 4 amide bonds. The van der Waals surface area contributed by atoms with Crippen LogP contribution in [0.5, 0.6) is 5.75 Å². The van der Waals surface area contributed by atoms with E-state index in [2.05, 4.69) is 16.0 Å². The van der Waals surface area contributed by atoms with Crippen LogP contribution in [0.3, 0.4) is 0 Å². The summed E-state index contributed by atoms with van der Waals surface area (Å²) in [5.41, 5.74) is 11.4. The molecule has 0 saturated carbocycles. The predicted octanol–water partition coefficient (Wildman–Crippen LogP) is -2.29. The summed E-state index contributed by atoms with van der Waals surface area (Å²) in [6.45, 7) is 4.42. The van der Waals surface area contributed by atoms with Gasteiger partial charge in [-0.2, -0.15) is 0 Å². The van der Waals surface area contributed by atoms with E-state index in [1.807, 2.05) is 0 Å². The number of carbonyl (C=O) groups is 5. The van der Waals surface area contributed by atoms with Crippen LogP contribution in [0, 0.1) is 5.92 Å². The van der Waals surface area contributed by atoms with Crippen molar-refractivity contribution in [3.8, 4) is 5.75 Å². The van der Waals surface area contributed by atoms with Crippen molar-refractivity contribution >= 4 is 29.6 Å². The van der Waals surface area contributed by atoms with Crippen molar-refractivity contribution in [3.05, 3.63) is 29.8 Å². The van der Waals surface area contributed by atoms with Crippen molar-refractivity contribution in [2.75, 3.05) is 0 Å². The van der Waals surface area contributed by atoms with Crippen molar-refractivity contribution in [3.63, 3.8) is 0 Å². The Bertz CT molecular complexity index is 919. The highest BCUT2D eigenvalue weighted by atomic mass is 16.4. The van der Waals surface area contributed by atoms with E-state index < -0.39 is 72.2 Å². The molecule has 1 aromatic rings. The maximum absolute atomic E-state index is 13.1. The summed E-state index contributed by atoms with van der Waals surface area (Å²) >= 11 is 0. The van der Waals surface area contributed by atoms with Crippen LogP contribution in [-0.2, 0) is 30.4 Å². The number of phenolic OH excluding ortho intramolecular Hbond substituents is 1. The monoisotopic (exact) mass is 495 g/mol. The smallest absolute Gasteiger partial charge is 0.326 e. The molecule has 1 rings (SSSR count). The second kappa shape index (κ2) is 13.2. The summed E-state index contributed by atoms with van der Waals surface area (Å²) in [6, 6.07) is 0.284. The van der Waals surface area contributed by atoms with Gasteiger partial charge in [-0.25, -0.2) is 4.79 Å². The Morgan fingerprint density at radius 3 is 1.86 bits per heavy atom. The van der Waals surface area contributed by atoms with Crippen molar-refractivity contribution in [2.45, 2.75) is 63.9 Å². The topological polar surface area (TPSA) is 234 Å². The van der Waals surface area contributed by atoms with Crippen LogP contribution < -0.4 is 27.4 Å². The first-order valence-corrected chi connectivity index (χ1v) is 10.9. The molecular weight excluding hydrogens is 462 g/mol. The standard InChI is InChI=1S/C22H33N5O8/c1-10(2)18(22(34)35)27-20(32)15(9-16(23)30)25-19(31)14(26-21(33)17(24)11(3)28)8-12-4-6-13(29)7-5-12/h4-7,10-11,14-15,17-18,28-29H,8-9,24H2,1-3H3,(H2,23,30)(H,25,31)(H,26,33)(H,27,32)(H,34,35). The van der Waals surface area contributed by atoms with Crippen LogP contribution in [0.1, 0.15) is 32.8 Å². The Balaban J connectivity index is 3.16. The van der Waals surface area contributed by atoms with Crippen molar-refractivity contribution in [2.24, 2.45) is 17.4 Å². The number of phenols is 1. The van der Waals surface area contributed by atoms with Gasteiger partial charge < -0.3 is 42.7 Å². The fourth-order valence-corrected chi connectivity index (χ4v) is 3.01. The van der Waals surface area contributed by atoms with Crippen LogP contribution in [0.4, 0.5) is 0 Å². The van der Waals surface area contributed by atoms with Crippen molar-refractivity contribution < 1.29 is 39.3 Å². The number of aliphatic hydroxyl groups is 1. The first-order chi connectivity index (χ1) is 16.2. The number of carboxylic acids is 1. The molecule has 0 heterocycles. The minimum atomic E-state index is -1.52. The average molecular weight is 496 g/mol. The molecule has 0 aromatic heterocycles. The number of aliphatic hydroxyl groups excluding tert-OH is 1. The number of hydrogen-bond donors (Lipinski definition) is 8. The summed E-state index contributed by atoms with van der Waals surface area (Å²) in [7, 11) is 0. The quantitative estimate of drug-likeness (QED) is 0.147. The lowest BCUT2D eigenvalue weighted by Gasteiger charge is -2.26. The number of nitrogens with one attached hydrogen (secondary N) is 3. The van der Waals surface area contributed by atoms with Crippen molar-refractivity contribution in [1.29, 1.82) is 0 Å². The highest BCUT2D eigenvalue weighted by molar-refractivity contribution is 5.96. The molecule has 1 aromatic carbocycles. The largest absolute Gasteiger partial charge is 0.508 e. The minimum Gasteiger partial charge on any atom is -0.508 e. The van der Waals surface area contributed by atoms with E-state index in [4.69, 9.17) is 11.5 Å². The number of primary amides is 1. The maximum atomic E-state index is 13.1. The zero-order valence-electron chi connectivity index (χ0n) is 19.7. The molecule has 13 nitrogen and oxygen atoms in total. The molecule has 0 spiro atoms. The van der Waals surface area contributed by atoms with E-state index in [0.29, 0.717) is 5.56 Å². The van der Waals surface area contributed by atoms with Gasteiger partial charge in [0.05, 0.1) is 12.5 Å². The van der Waals surface area contributed by atoms with Crippen molar-refractivity contribution in [1.82, 2.24) is 16.0 Å². The molecule has 0 aliphatic carbocycles. The highest BCUT2D eigenvalue weighted by Crippen LogP contribution is 2.12. The zero-order valence-corrected chi connectivity index (χ0v) is 19.7. The fourth-order valence-electron chi connectivity index (χ4n) is 3.01. The molecular formula is C22H33N5O8. The lowest BCUT2D eigenvalue weighted by Crippen LogP contribution is -2.59. The Hall–Kier alpha value is -3.71. The summed E-state index contributed by atoms with van der Waals surface area (Å²) in [5, 5.41) is 35.4. The predicted molar refractivity (Wildman–Crippen MR) is 124 cm³/mol. The van der Waals surface area contributed by atoms with Gasteiger partial charge in [-0.1, -0.05) is 26.0 Å². The van der Waals surface area contributed by atoms with Gasteiger partial charge in [0, 0.05) is 6.42 Å². The number of aliphatic carboxylic acids is 1. The van der Waals surface area contributed by atoms with Gasteiger partial charge >= 0.3 is 5.97 Å². The van der Waals surface area contributed by atoms with Crippen LogP contribution in [0.15, 0.2) is 24.3 Å². The molecule has 194 valence electrons. The Labute approximate surface area is 202 Å². The van der Waals surface area contributed by atoms with Crippen LogP contribution in [0.25, 0.3) is 0 Å². The Morgan fingerprint density at radius 1 is 0.886 bits per heavy atom. The van der Waals surface area contributed by atoms with Gasteiger partial charge in [0.1, 0.15) is 29.9 Å². The lowest BCUT2D eigenvalue weighted by atomic mass is 10.0. The molecule has 5 atom stereocenters. The third-order valence-electron chi connectivity index (χ3n) is 5.10. The van der Waals surface area contributed by atoms with Gasteiger partial charge in [-0.05, 0) is 30.5 Å². The number of aromatic hydroxyl groups is 1. The fraction of sp³-hybridized carbons (Fsp3) is 0.500. The first kappa shape index (κ1) is 29.3. The molecule has 0 aliphatic rings. The average Bonchev–Trinajstić information content (AvgIpc) is 2.76. The van der Waals surface area contributed by atoms with Gasteiger partial charge in [0.2, 0.25) is 23.6 Å². The van der Waals surface area contributed by atoms with E-state index in [1.165, 1.54) is 31.2 Å². The summed E-state index contributed by atoms with van der Waals surface area (Å²) < 4.78 is 0. The number of nitrogens with two attached hydrogens (primary N) is 2.